The Kier molecular flexibility index (Phi) is 5.63. The van der Waals surface area contributed by atoms with E-state index in [1.54, 1.807) is 48.5 Å². The second-order valence-corrected chi connectivity index (χ2v) is 9.12. The van der Waals surface area contributed by atoms with Crippen molar-refractivity contribution in [3.05, 3.63) is 84.4 Å². The third-order valence-electron chi connectivity index (χ3n) is 4.58. The lowest BCUT2D eigenvalue weighted by Gasteiger charge is -2.07. The van der Waals surface area contributed by atoms with Gasteiger partial charge in [-0.25, -0.2) is 13.4 Å². The topological polar surface area (TPSA) is 89.3 Å². The summed E-state index contributed by atoms with van der Waals surface area (Å²) in [5.41, 5.74) is 3.57. The van der Waals surface area contributed by atoms with Crippen molar-refractivity contribution >= 4 is 32.5 Å². The number of carbonyl (C=O) groups excluding carboxylic acids is 1. The van der Waals surface area contributed by atoms with Crippen LogP contribution in [0, 0.1) is 0 Å². The fourth-order valence-corrected chi connectivity index (χ4v) is 4.40. The van der Waals surface area contributed by atoms with E-state index in [2.05, 4.69) is 10.3 Å². The molecule has 6 nitrogen and oxygen atoms in total. The summed E-state index contributed by atoms with van der Waals surface area (Å²) in [6.45, 7) is 0. The highest BCUT2D eigenvalue weighted by atomic mass is 32.2. The van der Waals surface area contributed by atoms with Crippen LogP contribution in [-0.2, 0) is 20.4 Å². The molecule has 4 aromatic rings. The Hall–Kier alpha value is -3.45. The molecule has 0 aliphatic heterocycles. The van der Waals surface area contributed by atoms with Gasteiger partial charge in [0.05, 0.1) is 11.5 Å². The predicted molar refractivity (Wildman–Crippen MR) is 117 cm³/mol. The van der Waals surface area contributed by atoms with Gasteiger partial charge < -0.3 is 9.73 Å². The van der Waals surface area contributed by atoms with Gasteiger partial charge in [0.25, 0.3) is 0 Å². The second kappa shape index (κ2) is 8.51. The van der Waals surface area contributed by atoms with Gasteiger partial charge in [0, 0.05) is 17.7 Å². The number of anilines is 1. The van der Waals surface area contributed by atoms with E-state index >= 15 is 0 Å². The summed E-state index contributed by atoms with van der Waals surface area (Å²) in [4.78, 5) is 16.6. The van der Waals surface area contributed by atoms with Crippen molar-refractivity contribution in [2.75, 3.05) is 11.1 Å². The third kappa shape index (κ3) is 4.93. The molecular weight excluding hydrogens is 400 g/mol. The number of amides is 1. The molecule has 0 bridgehead atoms. The number of fused-ring (bicyclic) bond motifs is 1. The molecular formula is C23H20N2O4S. The van der Waals surface area contributed by atoms with Gasteiger partial charge in [0.1, 0.15) is 5.52 Å². The normalized spacial score (nSPS) is 11.5. The van der Waals surface area contributed by atoms with Crippen LogP contribution in [0.2, 0.25) is 0 Å². The molecule has 0 aliphatic carbocycles. The molecule has 1 aromatic heterocycles. The molecule has 0 aliphatic rings. The van der Waals surface area contributed by atoms with Crippen LogP contribution >= 0.6 is 0 Å². The molecule has 1 N–H and O–H groups in total. The monoisotopic (exact) mass is 420 g/mol. The number of hydrogen-bond donors (Lipinski definition) is 1. The number of aromatic nitrogens is 1. The number of benzene rings is 3. The first-order chi connectivity index (χ1) is 14.5. The van der Waals surface area contributed by atoms with Crippen molar-refractivity contribution in [2.45, 2.75) is 12.2 Å². The van der Waals surface area contributed by atoms with E-state index in [1.165, 1.54) is 0 Å². The molecule has 0 saturated carbocycles. The van der Waals surface area contributed by atoms with Gasteiger partial charge in [-0.3, -0.25) is 4.79 Å². The van der Waals surface area contributed by atoms with Crippen molar-refractivity contribution in [1.82, 2.24) is 4.98 Å². The SMILES string of the molecule is O=C(CCS(=O)(=O)Cc1ccccc1)Nc1ccc(-c2nc3ccccc3o2)cc1. The Morgan fingerprint density at radius 3 is 2.33 bits per heavy atom. The van der Waals surface area contributed by atoms with Crippen molar-refractivity contribution in [3.8, 4) is 11.5 Å². The summed E-state index contributed by atoms with van der Waals surface area (Å²) in [5.74, 6) is -0.114. The van der Waals surface area contributed by atoms with Gasteiger partial charge in [-0.15, -0.1) is 0 Å². The molecule has 0 saturated heterocycles. The van der Waals surface area contributed by atoms with E-state index in [4.69, 9.17) is 4.42 Å². The first-order valence-electron chi connectivity index (χ1n) is 9.49. The van der Waals surface area contributed by atoms with E-state index in [0.717, 1.165) is 11.1 Å². The van der Waals surface area contributed by atoms with Gasteiger partial charge in [-0.1, -0.05) is 42.5 Å². The van der Waals surface area contributed by atoms with Crippen molar-refractivity contribution in [1.29, 1.82) is 0 Å². The molecule has 1 amide bonds. The zero-order valence-corrected chi connectivity index (χ0v) is 16.9. The van der Waals surface area contributed by atoms with Crippen LogP contribution in [0.4, 0.5) is 5.69 Å². The Morgan fingerprint density at radius 1 is 0.900 bits per heavy atom. The molecule has 7 heteroatoms. The molecule has 1 heterocycles. The highest BCUT2D eigenvalue weighted by molar-refractivity contribution is 7.90. The summed E-state index contributed by atoms with van der Waals surface area (Å²) >= 11 is 0. The summed E-state index contributed by atoms with van der Waals surface area (Å²) in [6, 6.07) is 23.5. The minimum Gasteiger partial charge on any atom is -0.436 e. The standard InChI is InChI=1S/C23H20N2O4S/c26-22(14-15-30(27,28)16-17-6-2-1-3-7-17)24-19-12-10-18(11-13-19)23-25-20-8-4-5-9-21(20)29-23/h1-13H,14-16H2,(H,24,26). The lowest BCUT2D eigenvalue weighted by atomic mass is 10.2. The van der Waals surface area contributed by atoms with E-state index < -0.39 is 9.84 Å². The van der Waals surface area contributed by atoms with E-state index in [-0.39, 0.29) is 23.8 Å². The first kappa shape index (κ1) is 19.8. The molecule has 0 unspecified atom stereocenters. The van der Waals surface area contributed by atoms with Crippen molar-refractivity contribution < 1.29 is 17.6 Å². The number of nitrogens with zero attached hydrogens (tertiary/aromatic N) is 1. The van der Waals surface area contributed by atoms with E-state index in [9.17, 15) is 13.2 Å². The maximum absolute atomic E-state index is 12.2. The number of nitrogens with one attached hydrogen (secondary N) is 1. The number of oxazole rings is 1. The minimum atomic E-state index is -3.36. The van der Waals surface area contributed by atoms with Crippen LogP contribution in [0.5, 0.6) is 0 Å². The van der Waals surface area contributed by atoms with Gasteiger partial charge in [-0.2, -0.15) is 0 Å². The number of carbonyl (C=O) groups is 1. The largest absolute Gasteiger partial charge is 0.436 e. The highest BCUT2D eigenvalue weighted by Crippen LogP contribution is 2.25. The molecule has 152 valence electrons. The zero-order chi connectivity index (χ0) is 21.0. The van der Waals surface area contributed by atoms with Crippen molar-refractivity contribution in [3.63, 3.8) is 0 Å². The first-order valence-corrected chi connectivity index (χ1v) is 11.3. The quantitative estimate of drug-likeness (QED) is 0.477. The molecule has 4 rings (SSSR count). The predicted octanol–water partition coefficient (Wildman–Crippen LogP) is 4.44. The van der Waals surface area contributed by atoms with Gasteiger partial charge in [0.15, 0.2) is 15.4 Å². The number of rotatable bonds is 7. The Morgan fingerprint density at radius 2 is 1.60 bits per heavy atom. The highest BCUT2D eigenvalue weighted by Gasteiger charge is 2.15. The molecule has 0 radical (unpaired) electrons. The maximum Gasteiger partial charge on any atom is 0.227 e. The maximum atomic E-state index is 12.2. The fourth-order valence-electron chi connectivity index (χ4n) is 3.06. The van der Waals surface area contributed by atoms with Gasteiger partial charge in [0.2, 0.25) is 11.8 Å². The Labute approximate surface area is 174 Å². The third-order valence-corrected chi connectivity index (χ3v) is 6.18. The summed E-state index contributed by atoms with van der Waals surface area (Å²) < 4.78 is 30.2. The second-order valence-electron chi connectivity index (χ2n) is 6.94. The molecule has 3 aromatic carbocycles. The summed E-state index contributed by atoms with van der Waals surface area (Å²) in [7, 11) is -3.36. The lowest BCUT2D eigenvalue weighted by Crippen LogP contribution is -2.18. The van der Waals surface area contributed by atoms with E-state index in [0.29, 0.717) is 22.7 Å². The number of sulfone groups is 1. The van der Waals surface area contributed by atoms with Crippen molar-refractivity contribution in [2.24, 2.45) is 0 Å². The molecule has 30 heavy (non-hydrogen) atoms. The minimum absolute atomic E-state index is 0.0691. The molecule has 0 fully saturated rings. The van der Waals surface area contributed by atoms with Crippen LogP contribution in [0.25, 0.3) is 22.6 Å². The lowest BCUT2D eigenvalue weighted by molar-refractivity contribution is -0.115. The number of para-hydroxylation sites is 2. The van der Waals surface area contributed by atoms with Crippen LogP contribution in [0.1, 0.15) is 12.0 Å². The van der Waals surface area contributed by atoms with Crippen LogP contribution in [-0.4, -0.2) is 25.1 Å². The average molecular weight is 420 g/mol. The Balaban J connectivity index is 1.34. The fraction of sp³-hybridized carbons (Fsp3) is 0.130. The van der Waals surface area contributed by atoms with Crippen LogP contribution in [0.15, 0.2) is 83.3 Å². The van der Waals surface area contributed by atoms with Crippen LogP contribution in [0.3, 0.4) is 0 Å². The summed E-state index contributed by atoms with van der Waals surface area (Å²) in [6.07, 6.45) is -0.0952. The van der Waals surface area contributed by atoms with Gasteiger partial charge in [-0.05, 0) is 42.0 Å². The zero-order valence-electron chi connectivity index (χ0n) is 16.1. The average Bonchev–Trinajstić information content (AvgIpc) is 3.18. The summed E-state index contributed by atoms with van der Waals surface area (Å²) in [5, 5.41) is 2.73. The molecule has 0 atom stereocenters. The molecule has 0 spiro atoms. The van der Waals surface area contributed by atoms with Crippen LogP contribution < -0.4 is 5.32 Å². The Bertz CT molecular complexity index is 1230. The smallest absolute Gasteiger partial charge is 0.227 e. The number of hydrogen-bond acceptors (Lipinski definition) is 5. The van der Waals surface area contributed by atoms with E-state index in [1.807, 2.05) is 30.3 Å². The van der Waals surface area contributed by atoms with Gasteiger partial charge >= 0.3 is 0 Å².